The van der Waals surface area contributed by atoms with Gasteiger partial charge in [0.05, 0.1) is 10.2 Å². The summed E-state index contributed by atoms with van der Waals surface area (Å²) < 4.78 is 6.93. The summed E-state index contributed by atoms with van der Waals surface area (Å²) in [5, 5.41) is 4.31. The second kappa shape index (κ2) is 6.47. The maximum atomic E-state index is 6.11. The lowest BCUT2D eigenvalue weighted by molar-refractivity contribution is 0.482. The van der Waals surface area contributed by atoms with Crippen LogP contribution in [-0.2, 0) is 0 Å². The first-order valence-corrected chi connectivity index (χ1v) is 8.49. The van der Waals surface area contributed by atoms with Crippen molar-refractivity contribution in [3.05, 3.63) is 71.9 Å². The number of rotatable bonds is 4. The molecule has 2 heterocycles. The van der Waals surface area contributed by atoms with Gasteiger partial charge in [-0.2, -0.15) is 0 Å². The zero-order chi connectivity index (χ0) is 16.4. The molecule has 0 fully saturated rings. The lowest BCUT2D eigenvalue weighted by Gasteiger charge is -2.08. The molecule has 0 saturated carbocycles. The van der Waals surface area contributed by atoms with Crippen LogP contribution in [0.25, 0.3) is 10.2 Å². The number of hydrogen-bond acceptors (Lipinski definition) is 5. The summed E-state index contributed by atoms with van der Waals surface area (Å²) in [5.41, 5.74) is 0.952. The van der Waals surface area contributed by atoms with Gasteiger partial charge < -0.3 is 10.1 Å². The van der Waals surface area contributed by atoms with Gasteiger partial charge in [-0.05, 0) is 24.3 Å². The van der Waals surface area contributed by atoms with Gasteiger partial charge >= 0.3 is 0 Å². The molecule has 4 rings (SSSR count). The van der Waals surface area contributed by atoms with Crippen LogP contribution in [0.15, 0.2) is 66.7 Å². The van der Waals surface area contributed by atoms with E-state index in [1.54, 1.807) is 23.5 Å². The van der Waals surface area contributed by atoms with Crippen LogP contribution in [-0.4, -0.2) is 9.97 Å². The minimum absolute atomic E-state index is 0.354. The van der Waals surface area contributed by atoms with Gasteiger partial charge in [-0.3, -0.25) is 0 Å². The number of hydrogen-bond donors (Lipinski definition) is 1. The molecule has 0 spiro atoms. The fourth-order valence-electron chi connectivity index (χ4n) is 2.26. The standard InChI is InChI=1S/C18H12ClN3OS/c19-16-10-13(23-12-6-2-1-3-7-12)11-17(21-16)22-18-20-14-8-4-5-9-15(14)24-18/h1-11H,(H,20,21,22). The maximum absolute atomic E-state index is 6.11. The molecule has 4 nitrogen and oxygen atoms in total. The Morgan fingerprint density at radius 3 is 2.50 bits per heavy atom. The monoisotopic (exact) mass is 353 g/mol. The third kappa shape index (κ3) is 3.32. The summed E-state index contributed by atoms with van der Waals surface area (Å²) >= 11 is 7.67. The second-order valence-corrected chi connectivity index (χ2v) is 6.46. The summed E-state index contributed by atoms with van der Waals surface area (Å²) in [4.78, 5) is 8.82. The molecule has 0 saturated heterocycles. The summed E-state index contributed by atoms with van der Waals surface area (Å²) in [7, 11) is 0. The first kappa shape index (κ1) is 14.9. The van der Waals surface area contributed by atoms with Crippen molar-refractivity contribution in [2.75, 3.05) is 5.32 Å². The molecule has 0 amide bonds. The molecule has 0 atom stereocenters. The van der Waals surface area contributed by atoms with Crippen molar-refractivity contribution >= 4 is 44.1 Å². The minimum Gasteiger partial charge on any atom is -0.457 e. The molecule has 118 valence electrons. The highest BCUT2D eigenvalue weighted by molar-refractivity contribution is 7.22. The Bertz CT molecular complexity index is 955. The number of nitrogens with one attached hydrogen (secondary N) is 1. The van der Waals surface area contributed by atoms with E-state index in [1.807, 2.05) is 54.6 Å². The van der Waals surface area contributed by atoms with E-state index < -0.39 is 0 Å². The van der Waals surface area contributed by atoms with E-state index >= 15 is 0 Å². The van der Waals surface area contributed by atoms with Crippen LogP contribution in [0, 0.1) is 0 Å². The van der Waals surface area contributed by atoms with Crippen LogP contribution < -0.4 is 10.1 Å². The van der Waals surface area contributed by atoms with Crippen LogP contribution in [0.2, 0.25) is 5.15 Å². The number of aromatic nitrogens is 2. The molecule has 1 N–H and O–H groups in total. The zero-order valence-electron chi connectivity index (χ0n) is 12.4. The molecule has 4 aromatic rings. The number of para-hydroxylation sites is 2. The summed E-state index contributed by atoms with van der Waals surface area (Å²) in [6, 6.07) is 21.0. The van der Waals surface area contributed by atoms with Crippen molar-refractivity contribution in [2.45, 2.75) is 0 Å². The summed E-state index contributed by atoms with van der Waals surface area (Å²) in [6.07, 6.45) is 0. The van der Waals surface area contributed by atoms with E-state index in [-0.39, 0.29) is 0 Å². The van der Waals surface area contributed by atoms with Gasteiger partial charge in [0.25, 0.3) is 0 Å². The van der Waals surface area contributed by atoms with Crippen molar-refractivity contribution in [2.24, 2.45) is 0 Å². The predicted octanol–water partition coefficient (Wildman–Crippen LogP) is 5.88. The van der Waals surface area contributed by atoms with Gasteiger partial charge in [-0.1, -0.05) is 53.3 Å². The van der Waals surface area contributed by atoms with Crippen molar-refractivity contribution in [3.63, 3.8) is 0 Å². The zero-order valence-corrected chi connectivity index (χ0v) is 14.0. The van der Waals surface area contributed by atoms with Gasteiger partial charge in [0.15, 0.2) is 5.13 Å². The highest BCUT2D eigenvalue weighted by atomic mass is 35.5. The normalized spacial score (nSPS) is 10.7. The van der Waals surface area contributed by atoms with E-state index in [1.165, 1.54) is 0 Å². The second-order valence-electron chi connectivity index (χ2n) is 5.04. The largest absolute Gasteiger partial charge is 0.457 e. The lowest BCUT2D eigenvalue weighted by atomic mass is 10.3. The SMILES string of the molecule is Clc1cc(Oc2ccccc2)cc(Nc2nc3ccccc3s2)n1. The molecule has 0 unspecified atom stereocenters. The fourth-order valence-corrected chi connectivity index (χ4v) is 3.33. The van der Waals surface area contributed by atoms with E-state index in [4.69, 9.17) is 16.3 Å². The Hall–Kier alpha value is -2.63. The first-order chi connectivity index (χ1) is 11.8. The van der Waals surface area contributed by atoms with E-state index in [0.717, 1.165) is 21.1 Å². The summed E-state index contributed by atoms with van der Waals surface area (Å²) in [6.45, 7) is 0. The van der Waals surface area contributed by atoms with E-state index in [9.17, 15) is 0 Å². The molecule has 2 aromatic carbocycles. The van der Waals surface area contributed by atoms with Gasteiger partial charge in [0, 0.05) is 12.1 Å². The molecule has 0 radical (unpaired) electrons. The molecule has 0 aliphatic heterocycles. The maximum Gasteiger partial charge on any atom is 0.189 e. The number of benzene rings is 2. The number of thiazole rings is 1. The quantitative estimate of drug-likeness (QED) is 0.465. The number of fused-ring (bicyclic) bond motifs is 1. The van der Waals surface area contributed by atoms with Crippen LogP contribution in [0.4, 0.5) is 10.9 Å². The van der Waals surface area contributed by atoms with Crippen molar-refractivity contribution < 1.29 is 4.74 Å². The smallest absolute Gasteiger partial charge is 0.189 e. The molecule has 6 heteroatoms. The predicted molar refractivity (Wildman–Crippen MR) is 98.7 cm³/mol. The van der Waals surface area contributed by atoms with Gasteiger partial charge in [0.1, 0.15) is 22.5 Å². The number of pyridine rings is 1. The van der Waals surface area contributed by atoms with Crippen LogP contribution in [0.1, 0.15) is 0 Å². The Kier molecular flexibility index (Phi) is 4.02. The third-order valence-corrected chi connectivity index (χ3v) is 4.42. The van der Waals surface area contributed by atoms with Crippen molar-refractivity contribution in [1.82, 2.24) is 9.97 Å². The first-order valence-electron chi connectivity index (χ1n) is 7.29. The van der Waals surface area contributed by atoms with Gasteiger partial charge in [0.2, 0.25) is 0 Å². The topological polar surface area (TPSA) is 47.0 Å². The minimum atomic E-state index is 0.354. The number of nitrogens with zero attached hydrogens (tertiary/aromatic N) is 2. The average molecular weight is 354 g/mol. The molecule has 0 aliphatic carbocycles. The summed E-state index contributed by atoms with van der Waals surface area (Å²) in [5.74, 6) is 1.95. The van der Waals surface area contributed by atoms with Crippen molar-refractivity contribution in [1.29, 1.82) is 0 Å². The molecular weight excluding hydrogens is 342 g/mol. The van der Waals surface area contributed by atoms with E-state index in [0.29, 0.717) is 16.7 Å². The van der Waals surface area contributed by atoms with Crippen LogP contribution >= 0.6 is 22.9 Å². The average Bonchev–Trinajstić information content (AvgIpc) is 2.97. The Balaban J connectivity index is 1.61. The molecule has 0 bridgehead atoms. The van der Waals surface area contributed by atoms with Crippen LogP contribution in [0.3, 0.4) is 0 Å². The number of anilines is 2. The lowest BCUT2D eigenvalue weighted by Crippen LogP contribution is -1.94. The van der Waals surface area contributed by atoms with Gasteiger partial charge in [-0.15, -0.1) is 0 Å². The van der Waals surface area contributed by atoms with E-state index in [2.05, 4.69) is 15.3 Å². The van der Waals surface area contributed by atoms with Gasteiger partial charge in [-0.25, -0.2) is 9.97 Å². The Morgan fingerprint density at radius 1 is 0.875 bits per heavy atom. The number of halogens is 1. The number of ether oxygens (including phenoxy) is 1. The molecular formula is C18H12ClN3OS. The molecule has 0 aliphatic rings. The molecule has 2 aromatic heterocycles. The van der Waals surface area contributed by atoms with Crippen LogP contribution in [0.5, 0.6) is 11.5 Å². The third-order valence-electron chi connectivity index (χ3n) is 3.28. The fraction of sp³-hybridized carbons (Fsp3) is 0. The highest BCUT2D eigenvalue weighted by Gasteiger charge is 2.07. The highest BCUT2D eigenvalue weighted by Crippen LogP contribution is 2.30. The Morgan fingerprint density at radius 2 is 1.67 bits per heavy atom. The Labute approximate surface area is 147 Å². The molecule has 24 heavy (non-hydrogen) atoms. The van der Waals surface area contributed by atoms with Crippen molar-refractivity contribution in [3.8, 4) is 11.5 Å².